The highest BCUT2D eigenvalue weighted by Crippen LogP contribution is 2.23. The number of hydrogen-bond acceptors (Lipinski definition) is 4. The zero-order valence-corrected chi connectivity index (χ0v) is 13.9. The number of amides is 1. The molecular weight excluding hydrogens is 300 g/mol. The van der Waals surface area contributed by atoms with Crippen molar-refractivity contribution in [2.45, 2.75) is 38.6 Å². The second-order valence-corrected chi connectivity index (χ2v) is 8.32. The van der Waals surface area contributed by atoms with E-state index in [1.807, 2.05) is 24.3 Å². The summed E-state index contributed by atoms with van der Waals surface area (Å²) in [4.78, 5) is 12.0. The maximum Gasteiger partial charge on any atom is 0.225 e. The maximum absolute atomic E-state index is 12.0. The monoisotopic (exact) mass is 324 g/mol. The third-order valence-corrected chi connectivity index (χ3v) is 5.64. The number of carbonyl (C=O) groups excluding carboxylic acids is 1. The molecular formula is C16H24N2O3S. The summed E-state index contributed by atoms with van der Waals surface area (Å²) in [7, 11) is -2.87. The van der Waals surface area contributed by atoms with Crippen molar-refractivity contribution < 1.29 is 13.2 Å². The fourth-order valence-electron chi connectivity index (χ4n) is 2.67. The lowest BCUT2D eigenvalue weighted by molar-refractivity contribution is -0.116. The van der Waals surface area contributed by atoms with E-state index in [0.29, 0.717) is 25.3 Å². The average Bonchev–Trinajstić information content (AvgIpc) is 2.78. The Kier molecular flexibility index (Phi) is 5.58. The highest BCUT2D eigenvalue weighted by Gasteiger charge is 2.27. The second-order valence-electron chi connectivity index (χ2n) is 6.09. The van der Waals surface area contributed by atoms with E-state index in [9.17, 15) is 13.2 Å². The van der Waals surface area contributed by atoms with Crippen LogP contribution < -0.4 is 10.6 Å². The van der Waals surface area contributed by atoms with Crippen molar-refractivity contribution in [3.05, 3.63) is 29.8 Å². The first-order valence-corrected chi connectivity index (χ1v) is 9.52. The Morgan fingerprint density at radius 1 is 1.32 bits per heavy atom. The first-order chi connectivity index (χ1) is 10.4. The minimum absolute atomic E-state index is 0.0132. The second kappa shape index (κ2) is 7.24. The van der Waals surface area contributed by atoms with Crippen molar-refractivity contribution in [2.24, 2.45) is 0 Å². The molecule has 0 aliphatic carbocycles. The molecule has 6 heteroatoms. The van der Waals surface area contributed by atoms with Gasteiger partial charge < -0.3 is 10.6 Å². The van der Waals surface area contributed by atoms with E-state index >= 15 is 0 Å². The van der Waals surface area contributed by atoms with Gasteiger partial charge in [0.25, 0.3) is 0 Å². The molecule has 1 heterocycles. The summed E-state index contributed by atoms with van der Waals surface area (Å²) >= 11 is 0. The summed E-state index contributed by atoms with van der Waals surface area (Å²) in [6, 6.07) is 7.78. The van der Waals surface area contributed by atoms with Crippen LogP contribution in [-0.4, -0.2) is 38.4 Å². The summed E-state index contributed by atoms with van der Waals surface area (Å²) in [6.07, 6.45) is 0.975. The van der Waals surface area contributed by atoms with Crippen molar-refractivity contribution in [3.8, 4) is 0 Å². The summed E-state index contributed by atoms with van der Waals surface area (Å²) in [5.74, 6) is 0.725. The van der Waals surface area contributed by atoms with Gasteiger partial charge in [0.05, 0.1) is 11.5 Å². The van der Waals surface area contributed by atoms with E-state index in [0.717, 1.165) is 11.3 Å². The Hall–Kier alpha value is -1.40. The van der Waals surface area contributed by atoms with E-state index in [2.05, 4.69) is 24.5 Å². The number of anilines is 1. The summed E-state index contributed by atoms with van der Waals surface area (Å²) in [5.41, 5.74) is 1.97. The van der Waals surface area contributed by atoms with Gasteiger partial charge in [-0.25, -0.2) is 8.42 Å². The molecule has 0 bridgehead atoms. The summed E-state index contributed by atoms with van der Waals surface area (Å²) in [5, 5.41) is 6.09. The lowest BCUT2D eigenvalue weighted by Crippen LogP contribution is -2.32. The molecule has 122 valence electrons. The smallest absolute Gasteiger partial charge is 0.225 e. The molecule has 1 fully saturated rings. The van der Waals surface area contributed by atoms with Crippen molar-refractivity contribution in [3.63, 3.8) is 0 Å². The van der Waals surface area contributed by atoms with Crippen LogP contribution in [0.1, 0.15) is 38.2 Å². The van der Waals surface area contributed by atoms with Crippen LogP contribution in [0.3, 0.4) is 0 Å². The topological polar surface area (TPSA) is 75.3 Å². The molecule has 1 aromatic rings. The number of nitrogens with one attached hydrogen (secondary N) is 2. The van der Waals surface area contributed by atoms with Gasteiger partial charge in [0, 0.05) is 24.7 Å². The molecule has 0 aromatic heterocycles. The zero-order chi connectivity index (χ0) is 16.2. The van der Waals surface area contributed by atoms with E-state index in [1.54, 1.807) is 0 Å². The van der Waals surface area contributed by atoms with E-state index in [1.165, 1.54) is 0 Å². The van der Waals surface area contributed by atoms with Gasteiger partial charge in [0.15, 0.2) is 9.84 Å². The van der Waals surface area contributed by atoms with Gasteiger partial charge in [-0.1, -0.05) is 32.0 Å². The van der Waals surface area contributed by atoms with Gasteiger partial charge in [0.1, 0.15) is 0 Å². The van der Waals surface area contributed by atoms with E-state index in [-0.39, 0.29) is 23.5 Å². The maximum atomic E-state index is 12.0. The molecule has 1 aliphatic heterocycles. The largest absolute Gasteiger partial charge is 0.326 e. The van der Waals surface area contributed by atoms with Crippen LogP contribution in [0.25, 0.3) is 0 Å². The Bertz CT molecular complexity index is 626. The normalized spacial score (nSPS) is 20.2. The Balaban J connectivity index is 1.79. The van der Waals surface area contributed by atoms with Crippen molar-refractivity contribution in [1.29, 1.82) is 0 Å². The van der Waals surface area contributed by atoms with Gasteiger partial charge in [-0.05, 0) is 24.0 Å². The minimum Gasteiger partial charge on any atom is -0.326 e. The molecule has 0 saturated carbocycles. The van der Waals surface area contributed by atoms with Crippen molar-refractivity contribution in [1.82, 2.24) is 5.32 Å². The molecule has 1 saturated heterocycles. The summed E-state index contributed by atoms with van der Waals surface area (Å²) < 4.78 is 22.7. The van der Waals surface area contributed by atoms with Crippen LogP contribution in [0.4, 0.5) is 5.69 Å². The fourth-order valence-corrected chi connectivity index (χ4v) is 4.38. The zero-order valence-electron chi connectivity index (χ0n) is 13.1. The Morgan fingerprint density at radius 2 is 2.05 bits per heavy atom. The molecule has 5 nitrogen and oxygen atoms in total. The minimum atomic E-state index is -2.87. The number of rotatable bonds is 6. The van der Waals surface area contributed by atoms with Gasteiger partial charge in [-0.3, -0.25) is 4.79 Å². The van der Waals surface area contributed by atoms with Gasteiger partial charge in [-0.2, -0.15) is 0 Å². The molecule has 2 N–H and O–H groups in total. The van der Waals surface area contributed by atoms with Crippen molar-refractivity contribution >= 4 is 21.4 Å². The number of para-hydroxylation sites is 1. The number of benzene rings is 1. The third kappa shape index (κ3) is 4.81. The lowest BCUT2D eigenvalue weighted by Gasteiger charge is -2.14. The number of hydrogen-bond donors (Lipinski definition) is 2. The Morgan fingerprint density at radius 3 is 2.68 bits per heavy atom. The predicted octanol–water partition coefficient (Wildman–Crippen LogP) is 1.92. The highest BCUT2D eigenvalue weighted by atomic mass is 32.2. The fraction of sp³-hybridized carbons (Fsp3) is 0.562. The SMILES string of the molecule is CC(C)c1ccccc1NC(=O)CCNC1CCS(=O)(=O)C1. The quantitative estimate of drug-likeness (QED) is 0.838. The van der Waals surface area contributed by atoms with Gasteiger partial charge in [-0.15, -0.1) is 0 Å². The lowest BCUT2D eigenvalue weighted by atomic mass is 10.0. The van der Waals surface area contributed by atoms with Crippen molar-refractivity contribution in [2.75, 3.05) is 23.4 Å². The van der Waals surface area contributed by atoms with Gasteiger partial charge >= 0.3 is 0 Å². The predicted molar refractivity (Wildman–Crippen MR) is 88.8 cm³/mol. The number of carbonyl (C=O) groups is 1. The third-order valence-electron chi connectivity index (χ3n) is 3.87. The van der Waals surface area contributed by atoms with Crippen LogP contribution in [0.2, 0.25) is 0 Å². The standard InChI is InChI=1S/C16H24N2O3S/c1-12(2)14-5-3-4-6-15(14)18-16(19)7-9-17-13-8-10-22(20,21)11-13/h3-6,12-13,17H,7-11H2,1-2H3,(H,18,19). The van der Waals surface area contributed by atoms with Crippen LogP contribution >= 0.6 is 0 Å². The summed E-state index contributed by atoms with van der Waals surface area (Å²) in [6.45, 7) is 4.68. The highest BCUT2D eigenvalue weighted by molar-refractivity contribution is 7.91. The molecule has 1 aliphatic rings. The molecule has 1 unspecified atom stereocenters. The molecule has 2 rings (SSSR count). The van der Waals surface area contributed by atoms with Crippen LogP contribution in [0.15, 0.2) is 24.3 Å². The van der Waals surface area contributed by atoms with Crippen LogP contribution in [-0.2, 0) is 14.6 Å². The van der Waals surface area contributed by atoms with E-state index < -0.39 is 9.84 Å². The first-order valence-electron chi connectivity index (χ1n) is 7.70. The van der Waals surface area contributed by atoms with E-state index in [4.69, 9.17) is 0 Å². The molecule has 1 amide bonds. The number of sulfone groups is 1. The molecule has 1 aromatic carbocycles. The average molecular weight is 324 g/mol. The molecule has 0 radical (unpaired) electrons. The molecule has 22 heavy (non-hydrogen) atoms. The molecule has 1 atom stereocenters. The van der Waals surface area contributed by atoms with Crippen LogP contribution in [0.5, 0.6) is 0 Å². The first kappa shape index (κ1) is 17.0. The molecule has 0 spiro atoms. The van der Waals surface area contributed by atoms with Gasteiger partial charge in [0.2, 0.25) is 5.91 Å². The van der Waals surface area contributed by atoms with Crippen LogP contribution in [0, 0.1) is 0 Å². The Labute approximate surface area is 132 Å².